The van der Waals surface area contributed by atoms with Gasteiger partial charge in [-0.25, -0.2) is 4.98 Å². The average Bonchev–Trinajstić information content (AvgIpc) is 2.86. The smallest absolute Gasteiger partial charge is 0.244 e. The van der Waals surface area contributed by atoms with E-state index in [4.69, 9.17) is 11.6 Å². The quantitative estimate of drug-likeness (QED) is 0.859. The molecule has 2 aromatic rings. The summed E-state index contributed by atoms with van der Waals surface area (Å²) in [5.41, 5.74) is 0.729. The second-order valence-electron chi connectivity index (χ2n) is 4.31. The number of carbonyl (C=O) groups is 1. The third kappa shape index (κ3) is 4.08. The van der Waals surface area contributed by atoms with Gasteiger partial charge in [-0.05, 0) is 30.8 Å². The summed E-state index contributed by atoms with van der Waals surface area (Å²) in [5.74, 6) is 0.751. The highest BCUT2D eigenvalue weighted by Gasteiger charge is 2.07. The third-order valence-electron chi connectivity index (χ3n) is 2.78. The molecule has 0 aliphatic heterocycles. The van der Waals surface area contributed by atoms with E-state index in [9.17, 15) is 4.79 Å². The minimum Gasteiger partial charge on any atom is -0.325 e. The lowest BCUT2D eigenvalue weighted by molar-refractivity contribution is -0.116. The highest BCUT2D eigenvalue weighted by molar-refractivity contribution is 6.30. The van der Waals surface area contributed by atoms with Gasteiger partial charge < -0.3 is 15.2 Å². The standard InChI is InChI=1S/C14H17ClN4O/c1-2-16-9-13-17-7-8-19(13)10-14(20)18-12-5-3-11(15)4-6-12/h3-8,16H,2,9-10H2,1H3,(H,18,20). The fraction of sp³-hybridized carbons (Fsp3) is 0.286. The molecule has 0 aliphatic carbocycles. The fourth-order valence-corrected chi connectivity index (χ4v) is 1.90. The molecule has 0 saturated carbocycles. The minimum absolute atomic E-state index is 0.0944. The number of hydrogen-bond acceptors (Lipinski definition) is 3. The largest absolute Gasteiger partial charge is 0.325 e. The van der Waals surface area contributed by atoms with Crippen molar-refractivity contribution in [2.45, 2.75) is 20.0 Å². The Morgan fingerprint density at radius 2 is 2.10 bits per heavy atom. The Labute approximate surface area is 123 Å². The highest BCUT2D eigenvalue weighted by atomic mass is 35.5. The van der Waals surface area contributed by atoms with Gasteiger partial charge in [-0.1, -0.05) is 18.5 Å². The molecule has 5 nitrogen and oxygen atoms in total. The fourth-order valence-electron chi connectivity index (χ4n) is 1.78. The molecule has 0 saturated heterocycles. The molecule has 1 amide bonds. The first-order chi connectivity index (χ1) is 9.69. The van der Waals surface area contributed by atoms with Crippen LogP contribution in [0.15, 0.2) is 36.7 Å². The van der Waals surface area contributed by atoms with Crippen LogP contribution in [0, 0.1) is 0 Å². The van der Waals surface area contributed by atoms with Crippen LogP contribution in [-0.4, -0.2) is 22.0 Å². The number of amides is 1. The van der Waals surface area contributed by atoms with Crippen molar-refractivity contribution in [1.82, 2.24) is 14.9 Å². The van der Waals surface area contributed by atoms with Crippen LogP contribution >= 0.6 is 11.6 Å². The normalized spacial score (nSPS) is 10.5. The van der Waals surface area contributed by atoms with E-state index >= 15 is 0 Å². The lowest BCUT2D eigenvalue weighted by Crippen LogP contribution is -2.22. The second-order valence-corrected chi connectivity index (χ2v) is 4.74. The SMILES string of the molecule is CCNCc1nccn1CC(=O)Nc1ccc(Cl)cc1. The Kier molecular flexibility index (Phi) is 5.15. The van der Waals surface area contributed by atoms with E-state index in [2.05, 4.69) is 15.6 Å². The highest BCUT2D eigenvalue weighted by Crippen LogP contribution is 2.13. The van der Waals surface area contributed by atoms with Crippen molar-refractivity contribution >= 4 is 23.2 Å². The average molecular weight is 293 g/mol. The van der Waals surface area contributed by atoms with E-state index in [1.165, 1.54) is 0 Å². The molecule has 0 spiro atoms. The van der Waals surface area contributed by atoms with Crippen LogP contribution in [0.4, 0.5) is 5.69 Å². The van der Waals surface area contributed by atoms with Gasteiger partial charge in [-0.15, -0.1) is 0 Å². The zero-order valence-corrected chi connectivity index (χ0v) is 12.0. The number of rotatable bonds is 6. The van der Waals surface area contributed by atoms with Crippen molar-refractivity contribution in [3.8, 4) is 0 Å². The molecule has 6 heteroatoms. The Balaban J connectivity index is 1.94. The monoisotopic (exact) mass is 292 g/mol. The van der Waals surface area contributed by atoms with E-state index in [1.54, 1.807) is 36.7 Å². The molecule has 0 fully saturated rings. The first-order valence-corrected chi connectivity index (χ1v) is 6.83. The molecule has 106 valence electrons. The third-order valence-corrected chi connectivity index (χ3v) is 3.03. The molecule has 0 bridgehead atoms. The summed E-state index contributed by atoms with van der Waals surface area (Å²) >= 11 is 5.80. The van der Waals surface area contributed by atoms with Gasteiger partial charge >= 0.3 is 0 Å². The van der Waals surface area contributed by atoms with Crippen LogP contribution < -0.4 is 10.6 Å². The summed E-state index contributed by atoms with van der Waals surface area (Å²) in [6.07, 6.45) is 3.50. The predicted molar refractivity (Wildman–Crippen MR) is 79.7 cm³/mol. The summed E-state index contributed by atoms with van der Waals surface area (Å²) in [4.78, 5) is 16.2. The Morgan fingerprint density at radius 3 is 2.80 bits per heavy atom. The van der Waals surface area contributed by atoms with E-state index < -0.39 is 0 Å². The molecule has 1 aromatic heterocycles. The second kappa shape index (κ2) is 7.07. The van der Waals surface area contributed by atoms with Gasteiger partial charge in [-0.3, -0.25) is 4.79 Å². The molecular weight excluding hydrogens is 276 g/mol. The summed E-state index contributed by atoms with van der Waals surface area (Å²) < 4.78 is 1.83. The molecule has 1 aromatic carbocycles. The van der Waals surface area contributed by atoms with Crippen molar-refractivity contribution in [2.75, 3.05) is 11.9 Å². The predicted octanol–water partition coefficient (Wildman–Crippen LogP) is 2.28. The number of nitrogens with zero attached hydrogens (tertiary/aromatic N) is 2. The molecule has 2 N–H and O–H groups in total. The maximum absolute atomic E-state index is 12.0. The number of hydrogen-bond donors (Lipinski definition) is 2. The van der Waals surface area contributed by atoms with E-state index in [0.717, 1.165) is 18.1 Å². The van der Waals surface area contributed by atoms with Gasteiger partial charge in [0.1, 0.15) is 12.4 Å². The van der Waals surface area contributed by atoms with Crippen molar-refractivity contribution in [2.24, 2.45) is 0 Å². The number of benzene rings is 1. The molecule has 0 unspecified atom stereocenters. The van der Waals surface area contributed by atoms with E-state index in [1.807, 2.05) is 11.5 Å². The number of nitrogens with one attached hydrogen (secondary N) is 2. The van der Waals surface area contributed by atoms with Gasteiger partial charge in [-0.2, -0.15) is 0 Å². The summed E-state index contributed by atoms with van der Waals surface area (Å²) in [6.45, 7) is 3.78. The first-order valence-electron chi connectivity index (χ1n) is 6.45. The van der Waals surface area contributed by atoms with Crippen LogP contribution in [-0.2, 0) is 17.9 Å². The van der Waals surface area contributed by atoms with E-state index in [0.29, 0.717) is 11.6 Å². The zero-order chi connectivity index (χ0) is 14.4. The topological polar surface area (TPSA) is 59.0 Å². The van der Waals surface area contributed by atoms with Gasteiger partial charge in [0.2, 0.25) is 5.91 Å². The zero-order valence-electron chi connectivity index (χ0n) is 11.3. The Bertz CT molecular complexity index is 565. The molecular formula is C14H17ClN4O. The van der Waals surface area contributed by atoms with Crippen LogP contribution in [0.25, 0.3) is 0 Å². The van der Waals surface area contributed by atoms with E-state index in [-0.39, 0.29) is 12.5 Å². The maximum Gasteiger partial charge on any atom is 0.244 e. The van der Waals surface area contributed by atoms with Crippen molar-refractivity contribution in [3.05, 3.63) is 47.5 Å². The van der Waals surface area contributed by atoms with Crippen molar-refractivity contribution < 1.29 is 4.79 Å². The molecule has 0 radical (unpaired) electrons. The lowest BCUT2D eigenvalue weighted by atomic mass is 10.3. The minimum atomic E-state index is -0.0944. The number of aromatic nitrogens is 2. The van der Waals surface area contributed by atoms with Crippen LogP contribution in [0.5, 0.6) is 0 Å². The summed E-state index contributed by atoms with van der Waals surface area (Å²) in [7, 11) is 0. The van der Waals surface area contributed by atoms with Crippen molar-refractivity contribution in [3.63, 3.8) is 0 Å². The molecule has 0 aliphatic rings. The van der Waals surface area contributed by atoms with Gasteiger partial charge in [0.15, 0.2) is 0 Å². The summed E-state index contributed by atoms with van der Waals surface area (Å²) in [6, 6.07) is 7.03. The first kappa shape index (κ1) is 14.6. The molecule has 0 atom stereocenters. The van der Waals surface area contributed by atoms with Crippen LogP contribution in [0.3, 0.4) is 0 Å². The molecule has 1 heterocycles. The molecule has 2 rings (SSSR count). The number of anilines is 1. The Morgan fingerprint density at radius 1 is 1.35 bits per heavy atom. The van der Waals surface area contributed by atoms with Crippen molar-refractivity contribution in [1.29, 1.82) is 0 Å². The number of carbonyl (C=O) groups excluding carboxylic acids is 1. The van der Waals surface area contributed by atoms with Crippen LogP contribution in [0.1, 0.15) is 12.7 Å². The summed E-state index contributed by atoms with van der Waals surface area (Å²) in [5, 5.41) is 6.66. The number of halogens is 1. The maximum atomic E-state index is 12.0. The van der Waals surface area contributed by atoms with Gasteiger partial charge in [0, 0.05) is 23.1 Å². The Hall–Kier alpha value is -1.85. The lowest BCUT2D eigenvalue weighted by Gasteiger charge is -2.09. The van der Waals surface area contributed by atoms with Gasteiger partial charge in [0.05, 0.1) is 6.54 Å². The molecule has 20 heavy (non-hydrogen) atoms. The number of imidazole rings is 1. The van der Waals surface area contributed by atoms with Crippen LogP contribution in [0.2, 0.25) is 5.02 Å². The van der Waals surface area contributed by atoms with Gasteiger partial charge in [0.25, 0.3) is 0 Å².